The molecule has 0 aromatic heterocycles. The Morgan fingerprint density at radius 3 is 1.84 bits per heavy atom. The number of carbonyl (C=O) groups is 2. The molecule has 0 unspecified atom stereocenters. The number of ether oxygens (including phenoxy) is 1. The summed E-state index contributed by atoms with van der Waals surface area (Å²) in [6.45, 7) is 1.56. The van der Waals surface area contributed by atoms with Gasteiger partial charge in [-0.05, 0) is 55.2 Å². The predicted molar refractivity (Wildman–Crippen MR) is 86.9 cm³/mol. The molecule has 6 heteroatoms. The molecular weight excluding hydrogens is 330 g/mol. The zero-order valence-corrected chi connectivity index (χ0v) is 13.7. The maximum Gasteiger partial charge on any atom is 0.324 e. The highest BCUT2D eigenvalue weighted by atomic mass is 19.1. The molecular formula is C19H18F2O4. The molecule has 0 aliphatic carbocycles. The van der Waals surface area contributed by atoms with E-state index >= 15 is 0 Å². The fourth-order valence-electron chi connectivity index (χ4n) is 2.71. The van der Waals surface area contributed by atoms with Gasteiger partial charge in [0.25, 0.3) is 0 Å². The number of hydrogen-bond donors (Lipinski definition) is 1. The van der Waals surface area contributed by atoms with Crippen LogP contribution in [0.25, 0.3) is 0 Å². The average molecular weight is 348 g/mol. The van der Waals surface area contributed by atoms with Crippen molar-refractivity contribution in [2.24, 2.45) is 5.41 Å². The molecule has 0 fully saturated rings. The van der Waals surface area contributed by atoms with Crippen molar-refractivity contribution in [3.8, 4) is 0 Å². The summed E-state index contributed by atoms with van der Waals surface area (Å²) in [5, 5.41) is 9.79. The standard InChI is InChI=1S/C19H18F2O4/c1-2-25-18(24)19(17(22)23,11-13-5-3-7-15(20)9-13)12-14-6-4-8-16(21)10-14/h3-10H,2,11-12H2,1H3,(H,22,23). The molecule has 0 spiro atoms. The Balaban J connectivity index is 2.47. The number of carboxylic acids is 1. The molecule has 132 valence electrons. The number of esters is 1. The summed E-state index contributed by atoms with van der Waals surface area (Å²) < 4.78 is 31.9. The van der Waals surface area contributed by atoms with Gasteiger partial charge in [0.15, 0.2) is 5.41 Å². The molecule has 0 atom stereocenters. The van der Waals surface area contributed by atoms with Crippen LogP contribution in [-0.4, -0.2) is 23.7 Å². The van der Waals surface area contributed by atoms with E-state index in [4.69, 9.17) is 4.74 Å². The molecule has 2 rings (SSSR count). The van der Waals surface area contributed by atoms with E-state index in [1.165, 1.54) is 48.5 Å². The van der Waals surface area contributed by atoms with Crippen molar-refractivity contribution in [1.29, 1.82) is 0 Å². The van der Waals surface area contributed by atoms with Crippen molar-refractivity contribution < 1.29 is 28.2 Å². The van der Waals surface area contributed by atoms with E-state index in [1.807, 2.05) is 0 Å². The quantitative estimate of drug-likeness (QED) is 0.615. The molecule has 4 nitrogen and oxygen atoms in total. The van der Waals surface area contributed by atoms with E-state index in [-0.39, 0.29) is 19.4 Å². The second-order valence-electron chi connectivity index (χ2n) is 5.72. The summed E-state index contributed by atoms with van der Waals surface area (Å²) in [7, 11) is 0. The second kappa shape index (κ2) is 7.88. The molecule has 0 aliphatic rings. The van der Waals surface area contributed by atoms with Crippen LogP contribution in [0.2, 0.25) is 0 Å². The predicted octanol–water partition coefficient (Wildman–Crippen LogP) is 3.38. The monoisotopic (exact) mass is 348 g/mol. The van der Waals surface area contributed by atoms with Gasteiger partial charge in [0.2, 0.25) is 0 Å². The van der Waals surface area contributed by atoms with Crippen LogP contribution in [0.3, 0.4) is 0 Å². The number of aliphatic carboxylic acids is 1. The van der Waals surface area contributed by atoms with E-state index in [0.29, 0.717) is 11.1 Å². The van der Waals surface area contributed by atoms with E-state index in [0.717, 1.165) is 0 Å². The van der Waals surface area contributed by atoms with E-state index < -0.39 is 29.0 Å². The number of hydrogen-bond acceptors (Lipinski definition) is 3. The van der Waals surface area contributed by atoms with Crippen LogP contribution in [0.4, 0.5) is 8.78 Å². The van der Waals surface area contributed by atoms with Gasteiger partial charge in [0.05, 0.1) is 6.61 Å². The van der Waals surface area contributed by atoms with Gasteiger partial charge < -0.3 is 9.84 Å². The summed E-state index contributed by atoms with van der Waals surface area (Å²) in [6, 6.07) is 10.7. The van der Waals surface area contributed by atoms with Crippen molar-refractivity contribution in [3.63, 3.8) is 0 Å². The minimum Gasteiger partial charge on any atom is -0.480 e. The maximum absolute atomic E-state index is 13.5. The van der Waals surface area contributed by atoms with Crippen LogP contribution in [0.15, 0.2) is 48.5 Å². The van der Waals surface area contributed by atoms with Crippen LogP contribution in [0, 0.1) is 17.0 Å². The first-order chi connectivity index (χ1) is 11.9. The zero-order valence-electron chi connectivity index (χ0n) is 13.7. The lowest BCUT2D eigenvalue weighted by Crippen LogP contribution is -2.44. The Labute approximate surface area is 144 Å². The van der Waals surface area contributed by atoms with Gasteiger partial charge in [-0.1, -0.05) is 24.3 Å². The summed E-state index contributed by atoms with van der Waals surface area (Å²) in [6.07, 6.45) is -0.537. The van der Waals surface area contributed by atoms with Gasteiger partial charge in [-0.25, -0.2) is 8.78 Å². The fourth-order valence-corrected chi connectivity index (χ4v) is 2.71. The molecule has 0 aliphatic heterocycles. The molecule has 0 amide bonds. The topological polar surface area (TPSA) is 63.6 Å². The number of carbonyl (C=O) groups excluding carboxylic acids is 1. The summed E-state index contributed by atoms with van der Waals surface area (Å²) >= 11 is 0. The van der Waals surface area contributed by atoms with Gasteiger partial charge in [-0.3, -0.25) is 9.59 Å². The summed E-state index contributed by atoms with van der Waals surface area (Å²) in [5.41, 5.74) is -1.30. The molecule has 2 aromatic rings. The minimum absolute atomic E-state index is 0.000164. The van der Waals surface area contributed by atoms with Gasteiger partial charge in [0, 0.05) is 0 Å². The lowest BCUT2D eigenvalue weighted by Gasteiger charge is -2.27. The number of halogens is 2. The van der Waals surface area contributed by atoms with Crippen molar-refractivity contribution in [1.82, 2.24) is 0 Å². The second-order valence-corrected chi connectivity index (χ2v) is 5.72. The van der Waals surface area contributed by atoms with Crippen LogP contribution in [-0.2, 0) is 27.2 Å². The van der Waals surface area contributed by atoms with Crippen LogP contribution >= 0.6 is 0 Å². The third-order valence-corrected chi connectivity index (χ3v) is 3.87. The first-order valence-electron chi connectivity index (χ1n) is 7.77. The molecule has 0 saturated carbocycles. The number of benzene rings is 2. The highest BCUT2D eigenvalue weighted by Gasteiger charge is 2.48. The molecule has 2 aromatic carbocycles. The van der Waals surface area contributed by atoms with Crippen molar-refractivity contribution >= 4 is 11.9 Å². The highest BCUT2D eigenvalue weighted by Crippen LogP contribution is 2.31. The van der Waals surface area contributed by atoms with Crippen LogP contribution in [0.5, 0.6) is 0 Å². The van der Waals surface area contributed by atoms with Gasteiger partial charge in [0.1, 0.15) is 11.6 Å². The lowest BCUT2D eigenvalue weighted by molar-refractivity contribution is -0.168. The fraction of sp³-hybridized carbons (Fsp3) is 0.263. The third-order valence-electron chi connectivity index (χ3n) is 3.87. The molecule has 0 bridgehead atoms. The molecule has 1 N–H and O–H groups in total. The summed E-state index contributed by atoms with van der Waals surface area (Å²) in [5.74, 6) is -3.41. The molecule has 0 radical (unpaired) electrons. The van der Waals surface area contributed by atoms with Crippen LogP contribution < -0.4 is 0 Å². The Kier molecular flexibility index (Phi) is 5.85. The van der Waals surface area contributed by atoms with Crippen molar-refractivity contribution in [2.45, 2.75) is 19.8 Å². The Hall–Kier alpha value is -2.76. The smallest absolute Gasteiger partial charge is 0.324 e. The minimum atomic E-state index is -1.97. The van der Waals surface area contributed by atoms with Gasteiger partial charge in [-0.15, -0.1) is 0 Å². The SMILES string of the molecule is CCOC(=O)C(Cc1cccc(F)c1)(Cc1cccc(F)c1)C(=O)O. The van der Waals surface area contributed by atoms with E-state index in [1.54, 1.807) is 6.92 Å². The molecule has 0 heterocycles. The third kappa shape index (κ3) is 4.41. The van der Waals surface area contributed by atoms with E-state index in [2.05, 4.69) is 0 Å². The first-order valence-corrected chi connectivity index (χ1v) is 7.77. The zero-order chi connectivity index (χ0) is 18.4. The summed E-state index contributed by atoms with van der Waals surface area (Å²) in [4.78, 5) is 24.5. The molecule has 25 heavy (non-hydrogen) atoms. The Morgan fingerprint density at radius 2 is 1.48 bits per heavy atom. The largest absolute Gasteiger partial charge is 0.480 e. The van der Waals surface area contributed by atoms with Crippen molar-refractivity contribution in [2.75, 3.05) is 6.61 Å². The van der Waals surface area contributed by atoms with Gasteiger partial charge in [-0.2, -0.15) is 0 Å². The highest BCUT2D eigenvalue weighted by molar-refractivity contribution is 5.99. The molecule has 0 saturated heterocycles. The Bertz CT molecular complexity index is 726. The normalized spacial score (nSPS) is 11.2. The Morgan fingerprint density at radius 1 is 1.00 bits per heavy atom. The van der Waals surface area contributed by atoms with Crippen LogP contribution in [0.1, 0.15) is 18.1 Å². The number of carboxylic acid groups (broad SMARTS) is 1. The van der Waals surface area contributed by atoms with Gasteiger partial charge >= 0.3 is 11.9 Å². The first kappa shape index (κ1) is 18.6. The lowest BCUT2D eigenvalue weighted by atomic mass is 9.76. The average Bonchev–Trinajstić information content (AvgIpc) is 2.54. The van der Waals surface area contributed by atoms with E-state index in [9.17, 15) is 23.5 Å². The van der Waals surface area contributed by atoms with Crippen molar-refractivity contribution in [3.05, 3.63) is 71.3 Å². The maximum atomic E-state index is 13.5. The number of rotatable bonds is 7.